The zero-order valence-corrected chi connectivity index (χ0v) is 10.5. The number of hydrogen-bond acceptors (Lipinski definition) is 4. The lowest BCUT2D eigenvalue weighted by Gasteiger charge is -2.33. The first kappa shape index (κ1) is 12.8. The van der Waals surface area contributed by atoms with Gasteiger partial charge in [0.15, 0.2) is 5.78 Å². The van der Waals surface area contributed by atoms with Crippen LogP contribution in [-0.2, 0) is 14.3 Å². The van der Waals surface area contributed by atoms with E-state index in [4.69, 9.17) is 4.74 Å². The van der Waals surface area contributed by atoms with Gasteiger partial charge in [0.05, 0.1) is 18.1 Å². The van der Waals surface area contributed by atoms with E-state index in [1.165, 1.54) is 13.2 Å². The van der Waals surface area contributed by atoms with Crippen molar-refractivity contribution < 1.29 is 19.4 Å². The van der Waals surface area contributed by atoms with Crippen LogP contribution >= 0.6 is 0 Å². The van der Waals surface area contributed by atoms with E-state index in [1.54, 1.807) is 12.2 Å². The van der Waals surface area contributed by atoms with Gasteiger partial charge in [-0.1, -0.05) is 18.2 Å². The molecule has 0 bridgehead atoms. The average Bonchev–Trinajstić information content (AvgIpc) is 2.73. The van der Waals surface area contributed by atoms with Crippen LogP contribution in [0.15, 0.2) is 35.5 Å². The first-order valence-corrected chi connectivity index (χ1v) is 5.88. The first-order chi connectivity index (χ1) is 8.56. The predicted molar refractivity (Wildman–Crippen MR) is 65.6 cm³/mol. The number of aliphatic hydroxyl groups excluding tert-OH is 1. The van der Waals surface area contributed by atoms with Crippen LogP contribution < -0.4 is 0 Å². The van der Waals surface area contributed by atoms with Crippen molar-refractivity contribution in [2.45, 2.75) is 13.3 Å². The lowest BCUT2D eigenvalue weighted by molar-refractivity contribution is -0.139. The number of ketones is 1. The van der Waals surface area contributed by atoms with E-state index in [2.05, 4.69) is 0 Å². The Balaban J connectivity index is 2.49. The molecule has 0 radical (unpaired) electrons. The number of carbonyl (C=O) groups is 2. The van der Waals surface area contributed by atoms with Gasteiger partial charge in [-0.05, 0) is 25.0 Å². The topological polar surface area (TPSA) is 63.6 Å². The van der Waals surface area contributed by atoms with E-state index in [9.17, 15) is 14.7 Å². The highest BCUT2D eigenvalue weighted by Gasteiger charge is 2.51. The van der Waals surface area contributed by atoms with Crippen molar-refractivity contribution in [1.29, 1.82) is 0 Å². The number of carbonyl (C=O) groups excluding carboxylic acids is 2. The Morgan fingerprint density at radius 1 is 1.61 bits per heavy atom. The zero-order chi connectivity index (χ0) is 13.3. The smallest absolute Gasteiger partial charge is 0.334 e. The van der Waals surface area contributed by atoms with Crippen molar-refractivity contribution in [3.8, 4) is 0 Å². The van der Waals surface area contributed by atoms with E-state index in [0.717, 1.165) is 5.57 Å². The Morgan fingerprint density at radius 3 is 2.89 bits per heavy atom. The molecule has 4 nitrogen and oxygen atoms in total. The fourth-order valence-electron chi connectivity index (χ4n) is 2.69. The molecule has 0 aliphatic heterocycles. The molecule has 0 aromatic carbocycles. The van der Waals surface area contributed by atoms with Crippen LogP contribution in [0.25, 0.3) is 0 Å². The number of hydrogen-bond donors (Lipinski definition) is 1. The lowest BCUT2D eigenvalue weighted by Crippen LogP contribution is -2.40. The highest BCUT2D eigenvalue weighted by Crippen LogP contribution is 2.48. The Kier molecular flexibility index (Phi) is 3.22. The normalized spacial score (nSPS) is 30.4. The Hall–Kier alpha value is -1.68. The molecule has 1 spiro atoms. The summed E-state index contributed by atoms with van der Waals surface area (Å²) in [5, 5.41) is 9.45. The van der Waals surface area contributed by atoms with Gasteiger partial charge in [-0.15, -0.1) is 0 Å². The molecule has 0 heterocycles. The molecule has 2 atom stereocenters. The number of methoxy groups -OCH3 is 1. The van der Waals surface area contributed by atoms with Gasteiger partial charge in [0.2, 0.25) is 0 Å². The molecule has 96 valence electrons. The highest BCUT2D eigenvalue weighted by atomic mass is 16.5. The second kappa shape index (κ2) is 4.53. The van der Waals surface area contributed by atoms with Gasteiger partial charge >= 0.3 is 5.97 Å². The fraction of sp³-hybridized carbons (Fsp3) is 0.429. The quantitative estimate of drug-likeness (QED) is 0.745. The zero-order valence-electron chi connectivity index (χ0n) is 10.5. The summed E-state index contributed by atoms with van der Waals surface area (Å²) in [4.78, 5) is 24.1. The minimum atomic E-state index is -1.04. The van der Waals surface area contributed by atoms with E-state index < -0.39 is 11.4 Å². The van der Waals surface area contributed by atoms with Crippen LogP contribution in [0.5, 0.6) is 0 Å². The van der Waals surface area contributed by atoms with Crippen molar-refractivity contribution in [2.75, 3.05) is 13.7 Å². The average molecular weight is 248 g/mol. The largest absolute Gasteiger partial charge is 0.466 e. The van der Waals surface area contributed by atoms with E-state index in [-0.39, 0.29) is 18.3 Å². The summed E-state index contributed by atoms with van der Waals surface area (Å²) in [7, 11) is 1.29. The summed E-state index contributed by atoms with van der Waals surface area (Å²) in [5.74, 6) is -0.952. The summed E-state index contributed by atoms with van der Waals surface area (Å²) >= 11 is 0. The third-order valence-corrected chi connectivity index (χ3v) is 3.70. The Morgan fingerprint density at radius 2 is 2.33 bits per heavy atom. The molecule has 2 aliphatic rings. The molecule has 0 saturated carbocycles. The molecule has 0 unspecified atom stereocenters. The van der Waals surface area contributed by atoms with Gasteiger partial charge in [-0.3, -0.25) is 4.79 Å². The van der Waals surface area contributed by atoms with Crippen molar-refractivity contribution in [1.82, 2.24) is 0 Å². The van der Waals surface area contributed by atoms with Gasteiger partial charge < -0.3 is 9.84 Å². The fourth-order valence-corrected chi connectivity index (χ4v) is 2.69. The molecule has 0 aromatic heterocycles. The monoisotopic (exact) mass is 248 g/mol. The number of ether oxygens (including phenoxy) is 1. The minimum absolute atomic E-state index is 0.139. The summed E-state index contributed by atoms with van der Waals surface area (Å²) in [6.07, 6.45) is 7.26. The molecule has 0 amide bonds. The van der Waals surface area contributed by atoms with Crippen molar-refractivity contribution >= 4 is 11.8 Å². The van der Waals surface area contributed by atoms with Gasteiger partial charge in [-0.2, -0.15) is 0 Å². The molecular formula is C14H16O4. The molecule has 2 aliphatic carbocycles. The molecule has 4 heteroatoms. The second-order valence-corrected chi connectivity index (χ2v) is 4.68. The maximum absolute atomic E-state index is 12.3. The van der Waals surface area contributed by atoms with Gasteiger partial charge in [0.1, 0.15) is 0 Å². The SMILES string of the molecule is COC(=O)C1=CC[C@H](CO)[C@@]12C=CC(C)=CC2=O. The highest BCUT2D eigenvalue weighted by molar-refractivity contribution is 6.08. The van der Waals surface area contributed by atoms with Gasteiger partial charge in [0.25, 0.3) is 0 Å². The third-order valence-electron chi connectivity index (χ3n) is 3.70. The molecule has 0 aromatic rings. The third kappa shape index (κ3) is 1.64. The molecule has 1 N–H and O–H groups in total. The van der Waals surface area contributed by atoms with E-state index in [1.807, 2.05) is 13.0 Å². The van der Waals surface area contributed by atoms with Crippen LogP contribution in [0.2, 0.25) is 0 Å². The summed E-state index contributed by atoms with van der Waals surface area (Å²) in [5.41, 5.74) is 0.147. The first-order valence-electron chi connectivity index (χ1n) is 5.88. The molecule has 18 heavy (non-hydrogen) atoms. The number of esters is 1. The van der Waals surface area contributed by atoms with Crippen LogP contribution in [0.3, 0.4) is 0 Å². The maximum Gasteiger partial charge on any atom is 0.334 e. The molecule has 0 fully saturated rings. The second-order valence-electron chi connectivity index (χ2n) is 4.68. The molecule has 0 saturated heterocycles. The van der Waals surface area contributed by atoms with Gasteiger partial charge in [-0.25, -0.2) is 4.79 Å². The summed E-state index contributed by atoms with van der Waals surface area (Å²) < 4.78 is 4.73. The van der Waals surface area contributed by atoms with Crippen molar-refractivity contribution in [3.63, 3.8) is 0 Å². The van der Waals surface area contributed by atoms with Crippen LogP contribution in [0.1, 0.15) is 13.3 Å². The lowest BCUT2D eigenvalue weighted by atomic mass is 9.68. The maximum atomic E-state index is 12.3. The van der Waals surface area contributed by atoms with Crippen LogP contribution in [0, 0.1) is 11.3 Å². The number of allylic oxidation sites excluding steroid dienone is 5. The van der Waals surface area contributed by atoms with Crippen LogP contribution in [0.4, 0.5) is 0 Å². The van der Waals surface area contributed by atoms with E-state index in [0.29, 0.717) is 12.0 Å². The molecular weight excluding hydrogens is 232 g/mol. The standard InChI is InChI=1S/C14H16O4/c1-9-5-6-14(12(16)7-9)10(8-15)3-4-11(14)13(17)18-2/h4-7,10,15H,3,8H2,1-2H3/t10-,14+/m1/s1. The summed E-state index contributed by atoms with van der Waals surface area (Å²) in [6, 6.07) is 0. The number of aliphatic hydroxyl groups is 1. The Labute approximate surface area is 106 Å². The van der Waals surface area contributed by atoms with Gasteiger partial charge in [0, 0.05) is 12.5 Å². The van der Waals surface area contributed by atoms with Crippen molar-refractivity contribution in [3.05, 3.63) is 35.5 Å². The predicted octanol–water partition coefficient (Wildman–Crippen LogP) is 1.17. The molecule has 2 rings (SSSR count). The summed E-state index contributed by atoms with van der Waals surface area (Å²) in [6.45, 7) is 1.69. The minimum Gasteiger partial charge on any atom is -0.466 e. The number of rotatable bonds is 2. The van der Waals surface area contributed by atoms with E-state index >= 15 is 0 Å². The van der Waals surface area contributed by atoms with Crippen molar-refractivity contribution in [2.24, 2.45) is 11.3 Å². The Bertz CT molecular complexity index is 484. The van der Waals surface area contributed by atoms with Crippen LogP contribution in [-0.4, -0.2) is 30.6 Å².